The lowest BCUT2D eigenvalue weighted by atomic mass is 9.87. The van der Waals surface area contributed by atoms with Gasteiger partial charge in [-0.15, -0.1) is 12.4 Å². The molecule has 20 heavy (non-hydrogen) atoms. The monoisotopic (exact) mass is 303 g/mol. The van der Waals surface area contributed by atoms with E-state index in [1.54, 1.807) is 0 Å². The zero-order valence-electron chi connectivity index (χ0n) is 12.6. The molecule has 118 valence electrons. The molecule has 1 unspecified atom stereocenters. The summed E-state index contributed by atoms with van der Waals surface area (Å²) < 4.78 is 0. The van der Waals surface area contributed by atoms with Crippen LogP contribution >= 0.6 is 12.4 Å². The van der Waals surface area contributed by atoms with Gasteiger partial charge in [0.05, 0.1) is 6.54 Å². The summed E-state index contributed by atoms with van der Waals surface area (Å²) >= 11 is 0. The number of nitrogens with zero attached hydrogens (tertiary/aromatic N) is 1. The third kappa shape index (κ3) is 5.58. The first kappa shape index (κ1) is 17.7. The molecule has 1 saturated carbocycles. The Bertz CT molecular complexity index is 293. The van der Waals surface area contributed by atoms with E-state index >= 15 is 0 Å². The standard InChI is InChI=1S/C15H29N3O.ClH/c1-12-4-6-14(7-5-12)17-15(19)11-18-8-2-3-13(9-16)10-18;/h12-14H,2-11,16H2,1H3,(H,17,19);1H. The number of nitrogens with one attached hydrogen (secondary N) is 1. The molecule has 0 bridgehead atoms. The predicted octanol–water partition coefficient (Wildman–Crippen LogP) is 1.77. The Morgan fingerprint density at radius 2 is 1.95 bits per heavy atom. The van der Waals surface area contributed by atoms with Crippen molar-refractivity contribution in [1.82, 2.24) is 10.2 Å². The van der Waals surface area contributed by atoms with Crippen LogP contribution in [-0.4, -0.2) is 43.0 Å². The van der Waals surface area contributed by atoms with Crippen LogP contribution in [0.1, 0.15) is 45.4 Å². The van der Waals surface area contributed by atoms with Gasteiger partial charge in [-0.1, -0.05) is 6.92 Å². The van der Waals surface area contributed by atoms with E-state index in [1.807, 2.05) is 0 Å². The number of hydrogen-bond acceptors (Lipinski definition) is 3. The van der Waals surface area contributed by atoms with E-state index in [0.29, 0.717) is 18.5 Å². The van der Waals surface area contributed by atoms with E-state index in [1.165, 1.54) is 25.7 Å². The molecule has 1 saturated heterocycles. The second kappa shape index (κ2) is 8.85. The first-order valence-electron chi connectivity index (χ1n) is 7.89. The Kier molecular flexibility index (Phi) is 7.85. The van der Waals surface area contributed by atoms with Crippen molar-refractivity contribution in [2.45, 2.75) is 51.5 Å². The highest BCUT2D eigenvalue weighted by atomic mass is 35.5. The summed E-state index contributed by atoms with van der Waals surface area (Å²) in [6.45, 7) is 5.65. The normalized spacial score (nSPS) is 31.4. The van der Waals surface area contributed by atoms with Gasteiger partial charge in [-0.2, -0.15) is 0 Å². The summed E-state index contributed by atoms with van der Waals surface area (Å²) in [6.07, 6.45) is 7.20. The summed E-state index contributed by atoms with van der Waals surface area (Å²) in [5.74, 6) is 1.62. The number of piperidine rings is 1. The highest BCUT2D eigenvalue weighted by Gasteiger charge is 2.23. The third-order valence-corrected chi connectivity index (χ3v) is 4.68. The van der Waals surface area contributed by atoms with Gasteiger partial charge in [0.1, 0.15) is 0 Å². The number of likely N-dealkylation sites (tertiary alicyclic amines) is 1. The molecule has 0 spiro atoms. The number of nitrogens with two attached hydrogens (primary N) is 1. The zero-order valence-corrected chi connectivity index (χ0v) is 13.5. The van der Waals surface area contributed by atoms with Gasteiger partial charge in [-0.3, -0.25) is 9.69 Å². The molecule has 2 rings (SSSR count). The second-order valence-corrected chi connectivity index (χ2v) is 6.50. The third-order valence-electron chi connectivity index (χ3n) is 4.68. The first-order chi connectivity index (χ1) is 9.17. The van der Waals surface area contributed by atoms with Crippen molar-refractivity contribution >= 4 is 18.3 Å². The number of carbonyl (C=O) groups excluding carboxylic acids is 1. The molecule has 5 heteroatoms. The number of rotatable bonds is 4. The Hall–Kier alpha value is -0.320. The topological polar surface area (TPSA) is 58.4 Å². The van der Waals surface area contributed by atoms with E-state index in [9.17, 15) is 4.79 Å². The molecule has 1 aliphatic carbocycles. The fourth-order valence-corrected chi connectivity index (χ4v) is 3.37. The highest BCUT2D eigenvalue weighted by molar-refractivity contribution is 5.85. The Labute approximate surface area is 129 Å². The van der Waals surface area contributed by atoms with E-state index in [2.05, 4.69) is 17.1 Å². The Morgan fingerprint density at radius 3 is 2.60 bits per heavy atom. The fraction of sp³-hybridized carbons (Fsp3) is 0.933. The van der Waals surface area contributed by atoms with E-state index in [-0.39, 0.29) is 18.3 Å². The van der Waals surface area contributed by atoms with Crippen molar-refractivity contribution in [2.75, 3.05) is 26.2 Å². The molecule has 4 nitrogen and oxygen atoms in total. The summed E-state index contributed by atoms with van der Waals surface area (Å²) in [5, 5.41) is 3.21. The van der Waals surface area contributed by atoms with Gasteiger partial charge in [0.2, 0.25) is 5.91 Å². The molecule has 0 aromatic rings. The quantitative estimate of drug-likeness (QED) is 0.832. The first-order valence-corrected chi connectivity index (χ1v) is 7.89. The van der Waals surface area contributed by atoms with E-state index in [4.69, 9.17) is 5.73 Å². The molecule has 1 aliphatic heterocycles. The molecule has 0 aromatic heterocycles. The number of halogens is 1. The SMILES string of the molecule is CC1CCC(NC(=O)CN2CCCC(CN)C2)CC1.Cl. The molecule has 1 amide bonds. The van der Waals surface area contributed by atoms with Crippen LogP contribution in [0.2, 0.25) is 0 Å². The molecule has 3 N–H and O–H groups in total. The van der Waals surface area contributed by atoms with Crippen LogP contribution in [0.25, 0.3) is 0 Å². The summed E-state index contributed by atoms with van der Waals surface area (Å²) in [6, 6.07) is 0.416. The van der Waals surface area contributed by atoms with E-state index in [0.717, 1.165) is 38.4 Å². The van der Waals surface area contributed by atoms with Crippen molar-refractivity contribution in [3.8, 4) is 0 Å². The highest BCUT2D eigenvalue weighted by Crippen LogP contribution is 2.23. The lowest BCUT2D eigenvalue weighted by Crippen LogP contribution is -2.46. The predicted molar refractivity (Wildman–Crippen MR) is 85.0 cm³/mol. The van der Waals surface area contributed by atoms with E-state index < -0.39 is 0 Å². The number of hydrogen-bond donors (Lipinski definition) is 2. The Balaban J connectivity index is 0.00000200. The molecule has 0 radical (unpaired) electrons. The average molecular weight is 304 g/mol. The van der Waals surface area contributed by atoms with Gasteiger partial charge in [0, 0.05) is 12.6 Å². The minimum atomic E-state index is 0. The summed E-state index contributed by atoms with van der Waals surface area (Å²) in [7, 11) is 0. The van der Waals surface area contributed by atoms with Gasteiger partial charge in [-0.05, 0) is 63.5 Å². The van der Waals surface area contributed by atoms with Crippen LogP contribution in [-0.2, 0) is 4.79 Å². The zero-order chi connectivity index (χ0) is 13.7. The van der Waals surface area contributed by atoms with Crippen LogP contribution in [0.3, 0.4) is 0 Å². The van der Waals surface area contributed by atoms with Crippen LogP contribution < -0.4 is 11.1 Å². The molecule has 2 aliphatic rings. The van der Waals surface area contributed by atoms with Gasteiger partial charge >= 0.3 is 0 Å². The smallest absolute Gasteiger partial charge is 0.234 e. The maximum atomic E-state index is 12.1. The van der Waals surface area contributed by atoms with Gasteiger partial charge in [0.25, 0.3) is 0 Å². The van der Waals surface area contributed by atoms with Crippen LogP contribution in [0.5, 0.6) is 0 Å². The summed E-state index contributed by atoms with van der Waals surface area (Å²) in [4.78, 5) is 14.3. The summed E-state index contributed by atoms with van der Waals surface area (Å²) in [5.41, 5.74) is 5.73. The van der Waals surface area contributed by atoms with Crippen molar-refractivity contribution in [3.63, 3.8) is 0 Å². The lowest BCUT2D eigenvalue weighted by molar-refractivity contribution is -0.123. The van der Waals surface area contributed by atoms with Crippen molar-refractivity contribution < 1.29 is 4.79 Å². The number of amides is 1. The lowest BCUT2D eigenvalue weighted by Gasteiger charge is -2.32. The van der Waals surface area contributed by atoms with Gasteiger partial charge in [0.15, 0.2) is 0 Å². The molecule has 1 heterocycles. The Morgan fingerprint density at radius 1 is 1.25 bits per heavy atom. The molecular weight excluding hydrogens is 274 g/mol. The van der Waals surface area contributed by atoms with Gasteiger partial charge in [-0.25, -0.2) is 0 Å². The van der Waals surface area contributed by atoms with Crippen molar-refractivity contribution in [2.24, 2.45) is 17.6 Å². The maximum Gasteiger partial charge on any atom is 0.234 e. The second-order valence-electron chi connectivity index (χ2n) is 6.50. The fourth-order valence-electron chi connectivity index (χ4n) is 3.37. The minimum Gasteiger partial charge on any atom is -0.352 e. The van der Waals surface area contributed by atoms with Gasteiger partial charge < -0.3 is 11.1 Å². The maximum absolute atomic E-state index is 12.1. The average Bonchev–Trinajstić information content (AvgIpc) is 2.41. The van der Waals surface area contributed by atoms with Crippen LogP contribution in [0.4, 0.5) is 0 Å². The molecule has 2 fully saturated rings. The van der Waals surface area contributed by atoms with Crippen LogP contribution in [0, 0.1) is 11.8 Å². The van der Waals surface area contributed by atoms with Crippen LogP contribution in [0.15, 0.2) is 0 Å². The van der Waals surface area contributed by atoms with Crippen molar-refractivity contribution in [3.05, 3.63) is 0 Å². The largest absolute Gasteiger partial charge is 0.352 e. The van der Waals surface area contributed by atoms with Crippen molar-refractivity contribution in [1.29, 1.82) is 0 Å². The molecule has 1 atom stereocenters. The molecule has 0 aromatic carbocycles. The molecular formula is C15H30ClN3O. The minimum absolute atomic E-state index is 0. The number of carbonyl (C=O) groups is 1.